The molecule has 4 nitrogen and oxygen atoms in total. The maximum atomic E-state index is 9.43. The third-order valence-corrected chi connectivity index (χ3v) is 4.19. The van der Waals surface area contributed by atoms with Gasteiger partial charge in [-0.15, -0.1) is 0 Å². The second-order valence-electron chi connectivity index (χ2n) is 5.05. The van der Waals surface area contributed by atoms with Gasteiger partial charge in [0.15, 0.2) is 0 Å². The first-order valence-electron chi connectivity index (χ1n) is 6.52. The van der Waals surface area contributed by atoms with Crippen LogP contribution in [-0.2, 0) is 6.61 Å². The summed E-state index contributed by atoms with van der Waals surface area (Å²) < 4.78 is 0.923. The van der Waals surface area contributed by atoms with E-state index in [0.717, 1.165) is 48.1 Å². The summed E-state index contributed by atoms with van der Waals surface area (Å²) in [5.41, 5.74) is 0.907. The van der Waals surface area contributed by atoms with Gasteiger partial charge in [0, 0.05) is 48.5 Å². The van der Waals surface area contributed by atoms with Gasteiger partial charge < -0.3 is 10.0 Å². The van der Waals surface area contributed by atoms with Crippen molar-refractivity contribution in [2.75, 3.05) is 31.1 Å². The van der Waals surface area contributed by atoms with Gasteiger partial charge in [0.05, 0.1) is 6.61 Å². The maximum absolute atomic E-state index is 9.43. The van der Waals surface area contributed by atoms with Gasteiger partial charge in [0.1, 0.15) is 5.82 Å². The van der Waals surface area contributed by atoms with E-state index in [1.54, 1.807) is 0 Å². The van der Waals surface area contributed by atoms with Crippen LogP contribution in [0.5, 0.6) is 0 Å². The van der Waals surface area contributed by atoms with E-state index >= 15 is 0 Å². The lowest BCUT2D eigenvalue weighted by atomic mass is 10.2. The number of rotatable bonds is 3. The van der Waals surface area contributed by atoms with E-state index in [0.29, 0.717) is 0 Å². The average molecular weight is 312 g/mol. The molecule has 1 aromatic rings. The summed E-state index contributed by atoms with van der Waals surface area (Å²) in [4.78, 5) is 9.32. The number of aromatic nitrogens is 1. The molecule has 5 heteroatoms. The molecule has 2 heterocycles. The number of pyridine rings is 1. The van der Waals surface area contributed by atoms with Gasteiger partial charge in [-0.25, -0.2) is 4.98 Å². The fraction of sp³-hybridized carbons (Fsp3) is 0.615. The summed E-state index contributed by atoms with van der Waals surface area (Å²) >= 11 is 3.40. The molecule has 1 saturated heterocycles. The molecule has 0 bridgehead atoms. The highest BCUT2D eigenvalue weighted by Gasteiger charge is 2.31. The minimum atomic E-state index is 0.0462. The Morgan fingerprint density at radius 2 is 2.00 bits per heavy atom. The van der Waals surface area contributed by atoms with Gasteiger partial charge in [-0.05, 0) is 34.8 Å². The van der Waals surface area contributed by atoms with E-state index in [9.17, 15) is 5.11 Å². The molecule has 0 amide bonds. The highest BCUT2D eigenvalue weighted by molar-refractivity contribution is 9.10. The van der Waals surface area contributed by atoms with Crippen LogP contribution in [0.3, 0.4) is 0 Å². The van der Waals surface area contributed by atoms with Crippen LogP contribution >= 0.6 is 15.9 Å². The van der Waals surface area contributed by atoms with Gasteiger partial charge in [-0.3, -0.25) is 4.90 Å². The van der Waals surface area contributed by atoms with Crippen molar-refractivity contribution in [2.24, 2.45) is 0 Å². The quantitative estimate of drug-likeness (QED) is 0.921. The molecule has 0 unspecified atom stereocenters. The lowest BCUT2D eigenvalue weighted by Crippen LogP contribution is -2.47. The summed E-state index contributed by atoms with van der Waals surface area (Å²) in [6.07, 6.45) is 4.55. The van der Waals surface area contributed by atoms with E-state index in [1.165, 1.54) is 12.8 Å². The number of hydrogen-bond donors (Lipinski definition) is 1. The molecular weight excluding hydrogens is 294 g/mol. The van der Waals surface area contributed by atoms with Crippen LogP contribution in [0, 0.1) is 0 Å². The van der Waals surface area contributed by atoms with Crippen LogP contribution in [0.4, 0.5) is 5.82 Å². The van der Waals surface area contributed by atoms with Crippen molar-refractivity contribution < 1.29 is 5.11 Å². The van der Waals surface area contributed by atoms with Crippen LogP contribution < -0.4 is 4.90 Å². The van der Waals surface area contributed by atoms with Gasteiger partial charge in [-0.1, -0.05) is 0 Å². The van der Waals surface area contributed by atoms with Crippen LogP contribution in [0.15, 0.2) is 16.7 Å². The van der Waals surface area contributed by atoms with E-state index < -0.39 is 0 Å². The van der Waals surface area contributed by atoms with Crippen molar-refractivity contribution in [2.45, 2.75) is 25.5 Å². The number of anilines is 1. The van der Waals surface area contributed by atoms with Gasteiger partial charge in [0.2, 0.25) is 0 Å². The van der Waals surface area contributed by atoms with Crippen molar-refractivity contribution in [1.29, 1.82) is 0 Å². The van der Waals surface area contributed by atoms with Crippen molar-refractivity contribution >= 4 is 21.7 Å². The Morgan fingerprint density at radius 3 is 2.61 bits per heavy atom. The summed E-state index contributed by atoms with van der Waals surface area (Å²) in [6.45, 7) is 4.31. The Morgan fingerprint density at radius 1 is 1.28 bits per heavy atom. The zero-order valence-electron chi connectivity index (χ0n) is 10.3. The molecule has 1 aliphatic carbocycles. The van der Waals surface area contributed by atoms with E-state index in [1.807, 2.05) is 12.3 Å². The summed E-state index contributed by atoms with van der Waals surface area (Å²) in [6, 6.07) is 2.80. The normalized spacial score (nSPS) is 21.3. The largest absolute Gasteiger partial charge is 0.392 e. The SMILES string of the molecule is OCc1cc(Br)cnc1N1CCN(C2CC2)CC1. The number of nitrogens with zero attached hydrogens (tertiary/aromatic N) is 3. The van der Waals surface area contributed by atoms with Crippen LogP contribution in [-0.4, -0.2) is 47.2 Å². The topological polar surface area (TPSA) is 39.6 Å². The van der Waals surface area contributed by atoms with Crippen LogP contribution in [0.1, 0.15) is 18.4 Å². The fourth-order valence-corrected chi connectivity index (χ4v) is 2.99. The molecule has 1 aromatic heterocycles. The molecule has 3 rings (SSSR count). The lowest BCUT2D eigenvalue weighted by molar-refractivity contribution is 0.246. The first kappa shape index (κ1) is 12.4. The van der Waals surface area contributed by atoms with Crippen molar-refractivity contribution in [1.82, 2.24) is 9.88 Å². The average Bonchev–Trinajstić information content (AvgIpc) is 3.23. The molecule has 0 atom stereocenters. The molecule has 1 aliphatic heterocycles. The van der Waals surface area contributed by atoms with Crippen molar-refractivity contribution in [3.05, 3.63) is 22.3 Å². The Labute approximate surface area is 116 Å². The molecular formula is C13H18BrN3O. The van der Waals surface area contributed by atoms with Crippen LogP contribution in [0.25, 0.3) is 0 Å². The first-order chi connectivity index (χ1) is 8.78. The Bertz CT molecular complexity index is 428. The Kier molecular flexibility index (Phi) is 3.54. The third-order valence-electron chi connectivity index (χ3n) is 3.76. The number of aliphatic hydroxyl groups excluding tert-OH is 1. The molecule has 1 N–H and O–H groups in total. The number of aliphatic hydroxyl groups is 1. The highest BCUT2D eigenvalue weighted by atomic mass is 79.9. The van der Waals surface area contributed by atoms with Crippen LogP contribution in [0.2, 0.25) is 0 Å². The predicted molar refractivity (Wildman–Crippen MR) is 74.7 cm³/mol. The first-order valence-corrected chi connectivity index (χ1v) is 7.31. The minimum absolute atomic E-state index is 0.0462. The summed E-state index contributed by atoms with van der Waals surface area (Å²) in [5.74, 6) is 0.941. The lowest BCUT2D eigenvalue weighted by Gasteiger charge is -2.36. The van der Waals surface area contributed by atoms with Gasteiger partial charge >= 0.3 is 0 Å². The Balaban J connectivity index is 1.71. The van der Waals surface area contributed by atoms with E-state index in [-0.39, 0.29) is 6.61 Å². The summed E-state index contributed by atoms with van der Waals surface area (Å²) in [7, 11) is 0. The molecule has 0 radical (unpaired) electrons. The molecule has 2 fully saturated rings. The summed E-state index contributed by atoms with van der Waals surface area (Å²) in [5, 5.41) is 9.43. The second kappa shape index (κ2) is 5.15. The monoisotopic (exact) mass is 311 g/mol. The van der Waals surface area contributed by atoms with Crippen molar-refractivity contribution in [3.63, 3.8) is 0 Å². The van der Waals surface area contributed by atoms with E-state index in [2.05, 4.69) is 30.7 Å². The number of halogens is 1. The van der Waals surface area contributed by atoms with Gasteiger partial charge in [-0.2, -0.15) is 0 Å². The highest BCUT2D eigenvalue weighted by Crippen LogP contribution is 2.29. The Hall–Kier alpha value is -0.650. The second-order valence-corrected chi connectivity index (χ2v) is 5.96. The molecule has 1 saturated carbocycles. The van der Waals surface area contributed by atoms with Crippen molar-refractivity contribution in [3.8, 4) is 0 Å². The van der Waals surface area contributed by atoms with Gasteiger partial charge in [0.25, 0.3) is 0 Å². The zero-order valence-corrected chi connectivity index (χ0v) is 11.9. The molecule has 2 aliphatic rings. The molecule has 0 aromatic carbocycles. The minimum Gasteiger partial charge on any atom is -0.392 e. The predicted octanol–water partition coefficient (Wildman–Crippen LogP) is 1.62. The zero-order chi connectivity index (χ0) is 12.5. The number of hydrogen-bond acceptors (Lipinski definition) is 4. The number of piperazine rings is 1. The molecule has 98 valence electrons. The molecule has 0 spiro atoms. The fourth-order valence-electron chi connectivity index (χ4n) is 2.61. The van der Waals surface area contributed by atoms with E-state index in [4.69, 9.17) is 0 Å². The smallest absolute Gasteiger partial charge is 0.134 e. The standard InChI is InChI=1S/C13H18BrN3O/c14-11-7-10(9-18)13(15-8-11)17-5-3-16(4-6-17)12-1-2-12/h7-8,12,18H,1-6,9H2. The third kappa shape index (κ3) is 2.53. The maximum Gasteiger partial charge on any atom is 0.134 e. The molecule has 18 heavy (non-hydrogen) atoms.